The van der Waals surface area contributed by atoms with Crippen LogP contribution >= 0.6 is 0 Å². The van der Waals surface area contributed by atoms with Crippen LogP contribution < -0.4 is 5.73 Å². The maximum atomic E-state index is 12.3. The van der Waals surface area contributed by atoms with Crippen LogP contribution in [-0.2, 0) is 19.1 Å². The molecule has 6 nitrogen and oxygen atoms in total. The molecular weight excluding hydrogens is 310 g/mol. The minimum Gasteiger partial charge on any atom is -0.481 e. The molecule has 1 fully saturated rings. The summed E-state index contributed by atoms with van der Waals surface area (Å²) in [7, 11) is 0. The molecule has 1 heterocycles. The molecule has 1 aromatic rings. The van der Waals surface area contributed by atoms with Crippen LogP contribution in [0.15, 0.2) is 49.1 Å². The number of esters is 1. The van der Waals surface area contributed by atoms with Gasteiger partial charge in [0.15, 0.2) is 0 Å². The lowest BCUT2D eigenvalue weighted by molar-refractivity contribution is -0.156. The Kier molecular flexibility index (Phi) is 6.28. The first-order valence-electron chi connectivity index (χ1n) is 7.69. The van der Waals surface area contributed by atoms with E-state index in [-0.39, 0.29) is 13.2 Å². The van der Waals surface area contributed by atoms with E-state index in [1.54, 1.807) is 12.2 Å². The molecule has 6 heteroatoms. The smallest absolute Gasteiger partial charge is 0.312 e. The second-order valence-corrected chi connectivity index (χ2v) is 5.42. The van der Waals surface area contributed by atoms with Crippen LogP contribution in [0.5, 0.6) is 0 Å². The Hall–Kier alpha value is -2.44. The first-order chi connectivity index (χ1) is 11.6. The van der Waals surface area contributed by atoms with E-state index >= 15 is 0 Å². The average molecular weight is 331 g/mol. The Morgan fingerprint density at radius 2 is 1.96 bits per heavy atom. The van der Waals surface area contributed by atoms with Crippen LogP contribution in [0, 0.1) is 11.8 Å². The van der Waals surface area contributed by atoms with E-state index in [4.69, 9.17) is 15.2 Å². The van der Waals surface area contributed by atoms with E-state index in [0.717, 1.165) is 5.56 Å². The van der Waals surface area contributed by atoms with Crippen molar-refractivity contribution in [1.29, 1.82) is 0 Å². The van der Waals surface area contributed by atoms with Crippen LogP contribution in [0.3, 0.4) is 0 Å². The van der Waals surface area contributed by atoms with Crippen LogP contribution in [0.25, 0.3) is 6.08 Å². The molecule has 0 spiro atoms. The lowest BCUT2D eigenvalue weighted by Gasteiger charge is -2.17. The Morgan fingerprint density at radius 3 is 2.54 bits per heavy atom. The quantitative estimate of drug-likeness (QED) is 0.580. The van der Waals surface area contributed by atoms with Gasteiger partial charge in [-0.05, 0) is 5.56 Å². The molecule has 128 valence electrons. The lowest BCUT2D eigenvalue weighted by Crippen LogP contribution is -2.36. The van der Waals surface area contributed by atoms with Gasteiger partial charge in [-0.15, -0.1) is 6.58 Å². The maximum Gasteiger partial charge on any atom is 0.312 e. The van der Waals surface area contributed by atoms with E-state index in [1.165, 1.54) is 6.08 Å². The van der Waals surface area contributed by atoms with Crippen molar-refractivity contribution in [2.24, 2.45) is 17.6 Å². The van der Waals surface area contributed by atoms with E-state index < -0.39 is 36.0 Å². The third kappa shape index (κ3) is 4.10. The van der Waals surface area contributed by atoms with Gasteiger partial charge < -0.3 is 20.3 Å². The van der Waals surface area contributed by atoms with Gasteiger partial charge in [0, 0.05) is 6.54 Å². The number of carbonyl (C=O) groups is 2. The van der Waals surface area contributed by atoms with Crippen LogP contribution in [0.4, 0.5) is 0 Å². The highest BCUT2D eigenvalue weighted by Gasteiger charge is 2.51. The highest BCUT2D eigenvalue weighted by molar-refractivity contribution is 5.83. The summed E-state index contributed by atoms with van der Waals surface area (Å²) in [5.41, 5.74) is 6.26. The molecule has 1 aromatic carbocycles. The van der Waals surface area contributed by atoms with Crippen molar-refractivity contribution < 1.29 is 24.2 Å². The predicted octanol–water partition coefficient (Wildman–Crippen LogP) is 1.47. The van der Waals surface area contributed by atoms with E-state index in [1.807, 2.05) is 30.3 Å². The first-order valence-corrected chi connectivity index (χ1v) is 7.69. The standard InChI is InChI=1S/C18H21NO5/c1-2-13-15(17(20)21)16(18(22)23-11-10-19)14(24-13)9-8-12-6-4-3-5-7-12/h2-9,13-16H,1,10-11,19H2,(H,20,21)/b9-8+/t13-,14+,15-,16+/m0/s1. The van der Waals surface area contributed by atoms with Crippen molar-refractivity contribution in [2.45, 2.75) is 12.2 Å². The highest BCUT2D eigenvalue weighted by atomic mass is 16.5. The van der Waals surface area contributed by atoms with Crippen molar-refractivity contribution in [1.82, 2.24) is 0 Å². The summed E-state index contributed by atoms with van der Waals surface area (Å²) >= 11 is 0. The third-order valence-corrected chi connectivity index (χ3v) is 3.84. The second-order valence-electron chi connectivity index (χ2n) is 5.42. The zero-order valence-corrected chi connectivity index (χ0v) is 13.2. The van der Waals surface area contributed by atoms with Gasteiger partial charge >= 0.3 is 11.9 Å². The molecule has 3 N–H and O–H groups in total. The maximum absolute atomic E-state index is 12.3. The first kappa shape index (κ1) is 17.9. The van der Waals surface area contributed by atoms with Crippen LogP contribution in [-0.4, -0.2) is 42.4 Å². The zero-order chi connectivity index (χ0) is 17.5. The van der Waals surface area contributed by atoms with E-state index in [2.05, 4.69) is 6.58 Å². The average Bonchev–Trinajstić information content (AvgIpc) is 2.97. The summed E-state index contributed by atoms with van der Waals surface area (Å²) in [5, 5.41) is 9.48. The molecule has 0 bridgehead atoms. The minimum absolute atomic E-state index is 0.0372. The SMILES string of the molecule is C=C[C@@H]1O[C@H](/C=C/c2ccccc2)[C@@H](C(=O)OCCN)[C@H]1C(=O)O. The number of carbonyl (C=O) groups excluding carboxylic acids is 1. The van der Waals surface area contributed by atoms with E-state index in [9.17, 15) is 14.7 Å². The fraction of sp³-hybridized carbons (Fsp3) is 0.333. The van der Waals surface area contributed by atoms with E-state index in [0.29, 0.717) is 0 Å². The fourth-order valence-corrected chi connectivity index (χ4v) is 2.73. The van der Waals surface area contributed by atoms with Crippen molar-refractivity contribution in [3.63, 3.8) is 0 Å². The topological polar surface area (TPSA) is 98.9 Å². The van der Waals surface area contributed by atoms with Crippen LogP contribution in [0.2, 0.25) is 0 Å². The van der Waals surface area contributed by atoms with Crippen molar-refractivity contribution >= 4 is 18.0 Å². The van der Waals surface area contributed by atoms with Crippen molar-refractivity contribution in [3.05, 3.63) is 54.6 Å². The number of aliphatic carboxylic acids is 1. The zero-order valence-electron chi connectivity index (χ0n) is 13.2. The van der Waals surface area contributed by atoms with Crippen molar-refractivity contribution in [3.8, 4) is 0 Å². The molecule has 0 aliphatic carbocycles. The fourth-order valence-electron chi connectivity index (χ4n) is 2.73. The molecule has 0 amide bonds. The minimum atomic E-state index is -1.12. The number of rotatable bonds is 7. The molecule has 0 saturated carbocycles. The number of benzene rings is 1. The van der Waals surface area contributed by atoms with Gasteiger partial charge in [0.1, 0.15) is 18.4 Å². The second kappa shape index (κ2) is 8.42. The van der Waals surface area contributed by atoms with Gasteiger partial charge in [-0.1, -0.05) is 48.6 Å². The molecule has 2 rings (SSSR count). The van der Waals surface area contributed by atoms with Gasteiger partial charge in [-0.2, -0.15) is 0 Å². The van der Waals surface area contributed by atoms with Gasteiger partial charge in [-0.3, -0.25) is 9.59 Å². The Labute approximate surface area is 140 Å². The van der Waals surface area contributed by atoms with Gasteiger partial charge in [0.25, 0.3) is 0 Å². The van der Waals surface area contributed by atoms with Gasteiger partial charge in [-0.25, -0.2) is 0 Å². The number of carboxylic acids is 1. The lowest BCUT2D eigenvalue weighted by atomic mass is 9.86. The van der Waals surface area contributed by atoms with Crippen LogP contribution in [0.1, 0.15) is 5.56 Å². The molecule has 24 heavy (non-hydrogen) atoms. The summed E-state index contributed by atoms with van der Waals surface area (Å²) in [6, 6.07) is 9.45. The normalized spacial score (nSPS) is 26.4. The number of hydrogen-bond acceptors (Lipinski definition) is 5. The number of ether oxygens (including phenoxy) is 2. The number of nitrogens with two attached hydrogens (primary N) is 1. The summed E-state index contributed by atoms with van der Waals surface area (Å²) in [6.07, 6.45) is 3.41. The molecule has 0 unspecified atom stereocenters. The number of carboxylic acid groups (broad SMARTS) is 1. The predicted molar refractivity (Wildman–Crippen MR) is 89.0 cm³/mol. The third-order valence-electron chi connectivity index (χ3n) is 3.84. The molecule has 1 saturated heterocycles. The Morgan fingerprint density at radius 1 is 1.25 bits per heavy atom. The molecule has 0 aromatic heterocycles. The van der Waals surface area contributed by atoms with Crippen molar-refractivity contribution in [2.75, 3.05) is 13.2 Å². The summed E-state index contributed by atoms with van der Waals surface area (Å²) in [5.74, 6) is -3.74. The van der Waals surface area contributed by atoms with Gasteiger partial charge in [0.2, 0.25) is 0 Å². The highest BCUT2D eigenvalue weighted by Crippen LogP contribution is 2.35. The Balaban J connectivity index is 2.25. The molecule has 1 aliphatic rings. The number of hydrogen-bond donors (Lipinski definition) is 2. The summed E-state index contributed by atoms with van der Waals surface area (Å²) in [6.45, 7) is 3.81. The molecular formula is C18H21NO5. The largest absolute Gasteiger partial charge is 0.481 e. The molecule has 1 aliphatic heterocycles. The summed E-state index contributed by atoms with van der Waals surface area (Å²) < 4.78 is 10.8. The molecule has 4 atom stereocenters. The van der Waals surface area contributed by atoms with Gasteiger partial charge in [0.05, 0.1) is 12.2 Å². The monoisotopic (exact) mass is 331 g/mol. The Bertz CT molecular complexity index is 613. The molecule has 0 radical (unpaired) electrons. The summed E-state index contributed by atoms with van der Waals surface area (Å²) in [4.78, 5) is 23.9.